The molecule has 0 aliphatic carbocycles. The molecule has 0 aliphatic rings. The van der Waals surface area contributed by atoms with Crippen molar-refractivity contribution in [2.75, 3.05) is 18.6 Å². The summed E-state index contributed by atoms with van der Waals surface area (Å²) in [6, 6.07) is 15.9. The number of nitrogens with zero attached hydrogens (tertiary/aromatic N) is 2. The molecular formula is C19H18N2O3. The molecule has 0 bridgehead atoms. The summed E-state index contributed by atoms with van der Waals surface area (Å²) in [4.78, 5) is 25.9. The summed E-state index contributed by atoms with van der Waals surface area (Å²) in [5.41, 5.74) is 2.60. The van der Waals surface area contributed by atoms with E-state index in [1.165, 1.54) is 7.11 Å². The first-order chi connectivity index (χ1) is 11.6. The molecule has 5 nitrogen and oxygen atoms in total. The summed E-state index contributed by atoms with van der Waals surface area (Å²) >= 11 is 0. The lowest BCUT2D eigenvalue weighted by Crippen LogP contribution is -2.31. The largest absolute Gasteiger partial charge is 0.465 e. The van der Waals surface area contributed by atoms with Gasteiger partial charge in [0.05, 0.1) is 25.2 Å². The molecule has 0 atom stereocenters. The summed E-state index contributed by atoms with van der Waals surface area (Å²) in [6.45, 7) is 2.25. The maximum atomic E-state index is 12.8. The van der Waals surface area contributed by atoms with E-state index in [2.05, 4.69) is 10.8 Å². The van der Waals surface area contributed by atoms with Crippen molar-refractivity contribution in [1.82, 2.24) is 0 Å². The summed E-state index contributed by atoms with van der Waals surface area (Å²) in [5, 5.41) is 8.85. The summed E-state index contributed by atoms with van der Waals surface area (Å²) in [7, 11) is 1.31. The van der Waals surface area contributed by atoms with Gasteiger partial charge in [0.25, 0.3) is 5.91 Å². The number of carbonyl (C=O) groups is 2. The highest BCUT2D eigenvalue weighted by Crippen LogP contribution is 2.19. The molecule has 0 aliphatic heterocycles. The van der Waals surface area contributed by atoms with Crippen LogP contribution in [0.2, 0.25) is 0 Å². The van der Waals surface area contributed by atoms with Crippen molar-refractivity contribution in [3.05, 3.63) is 65.2 Å². The topological polar surface area (TPSA) is 70.4 Å². The zero-order valence-electron chi connectivity index (χ0n) is 13.7. The van der Waals surface area contributed by atoms with E-state index in [1.54, 1.807) is 29.2 Å². The predicted molar refractivity (Wildman–Crippen MR) is 90.9 cm³/mol. The van der Waals surface area contributed by atoms with Gasteiger partial charge in [0.2, 0.25) is 0 Å². The number of benzene rings is 2. The normalized spacial score (nSPS) is 9.88. The zero-order chi connectivity index (χ0) is 17.5. The average molecular weight is 322 g/mol. The second kappa shape index (κ2) is 7.93. The molecule has 122 valence electrons. The number of methoxy groups -OCH3 is 1. The Hall–Kier alpha value is -3.13. The Bertz CT molecular complexity index is 776. The Morgan fingerprint density at radius 3 is 2.38 bits per heavy atom. The molecule has 0 aromatic heterocycles. The first-order valence-corrected chi connectivity index (χ1v) is 7.50. The van der Waals surface area contributed by atoms with Gasteiger partial charge < -0.3 is 9.64 Å². The van der Waals surface area contributed by atoms with E-state index in [0.717, 1.165) is 11.3 Å². The summed E-state index contributed by atoms with van der Waals surface area (Å²) < 4.78 is 4.65. The highest BCUT2D eigenvalue weighted by molar-refractivity contribution is 6.06. The summed E-state index contributed by atoms with van der Waals surface area (Å²) in [5.74, 6) is -0.665. The number of carbonyl (C=O) groups excluding carboxylic acids is 2. The highest BCUT2D eigenvalue weighted by atomic mass is 16.5. The molecule has 0 spiro atoms. The Morgan fingerprint density at radius 1 is 1.12 bits per heavy atom. The van der Waals surface area contributed by atoms with Crippen molar-refractivity contribution in [1.29, 1.82) is 5.26 Å². The molecule has 2 aromatic carbocycles. The van der Waals surface area contributed by atoms with Crippen LogP contribution in [-0.4, -0.2) is 25.5 Å². The van der Waals surface area contributed by atoms with Crippen molar-refractivity contribution in [3.8, 4) is 6.07 Å². The van der Waals surface area contributed by atoms with Gasteiger partial charge in [-0.2, -0.15) is 5.26 Å². The number of esters is 1. The molecular weight excluding hydrogens is 304 g/mol. The van der Waals surface area contributed by atoms with Crippen LogP contribution in [0, 0.1) is 18.3 Å². The molecule has 0 heterocycles. The van der Waals surface area contributed by atoms with Gasteiger partial charge >= 0.3 is 5.97 Å². The monoisotopic (exact) mass is 322 g/mol. The van der Waals surface area contributed by atoms with Gasteiger partial charge in [-0.1, -0.05) is 12.1 Å². The molecule has 5 heteroatoms. The van der Waals surface area contributed by atoms with Crippen LogP contribution in [0.4, 0.5) is 5.69 Å². The maximum absolute atomic E-state index is 12.8. The predicted octanol–water partition coefficient (Wildman–Crippen LogP) is 3.34. The van der Waals surface area contributed by atoms with Gasteiger partial charge in [-0.05, 0) is 48.9 Å². The first-order valence-electron chi connectivity index (χ1n) is 7.50. The van der Waals surface area contributed by atoms with Crippen molar-refractivity contribution >= 4 is 17.6 Å². The van der Waals surface area contributed by atoms with E-state index >= 15 is 0 Å². The molecule has 0 radical (unpaired) electrons. The van der Waals surface area contributed by atoms with Gasteiger partial charge in [0.1, 0.15) is 0 Å². The van der Waals surface area contributed by atoms with Crippen molar-refractivity contribution in [2.24, 2.45) is 0 Å². The van der Waals surface area contributed by atoms with Crippen LogP contribution in [0.25, 0.3) is 0 Å². The third-order valence-corrected chi connectivity index (χ3v) is 3.56. The minimum atomic E-state index is -0.450. The van der Waals surface area contributed by atoms with Crippen molar-refractivity contribution in [2.45, 2.75) is 13.3 Å². The molecule has 0 unspecified atom stereocenters. The van der Waals surface area contributed by atoms with Gasteiger partial charge in [0.15, 0.2) is 0 Å². The quantitative estimate of drug-likeness (QED) is 0.792. The van der Waals surface area contributed by atoms with E-state index in [4.69, 9.17) is 5.26 Å². The minimum absolute atomic E-state index is 0.215. The Labute approximate surface area is 141 Å². The molecule has 0 saturated carbocycles. The van der Waals surface area contributed by atoms with Crippen LogP contribution >= 0.6 is 0 Å². The van der Waals surface area contributed by atoms with Crippen molar-refractivity contribution in [3.63, 3.8) is 0 Å². The minimum Gasteiger partial charge on any atom is -0.465 e. The number of hydrogen-bond donors (Lipinski definition) is 0. The highest BCUT2D eigenvalue weighted by Gasteiger charge is 2.18. The Kier molecular flexibility index (Phi) is 5.69. The van der Waals surface area contributed by atoms with Gasteiger partial charge in [-0.25, -0.2) is 4.79 Å². The summed E-state index contributed by atoms with van der Waals surface area (Å²) in [6.07, 6.45) is 0.236. The smallest absolute Gasteiger partial charge is 0.337 e. The molecule has 2 aromatic rings. The third kappa shape index (κ3) is 3.99. The second-order valence-corrected chi connectivity index (χ2v) is 5.27. The van der Waals surface area contributed by atoms with E-state index < -0.39 is 5.97 Å². The van der Waals surface area contributed by atoms with E-state index in [9.17, 15) is 9.59 Å². The van der Waals surface area contributed by atoms with Crippen LogP contribution in [-0.2, 0) is 4.74 Å². The van der Waals surface area contributed by atoms with E-state index in [0.29, 0.717) is 17.7 Å². The maximum Gasteiger partial charge on any atom is 0.337 e. The lowest BCUT2D eigenvalue weighted by atomic mass is 10.1. The molecule has 0 N–H and O–H groups in total. The Morgan fingerprint density at radius 2 is 1.79 bits per heavy atom. The van der Waals surface area contributed by atoms with Crippen LogP contribution in [0.3, 0.4) is 0 Å². The van der Waals surface area contributed by atoms with Gasteiger partial charge in [-0.3, -0.25) is 4.79 Å². The lowest BCUT2D eigenvalue weighted by molar-refractivity contribution is 0.0600. The molecule has 0 fully saturated rings. The molecule has 0 saturated heterocycles. The second-order valence-electron chi connectivity index (χ2n) is 5.27. The number of ether oxygens (including phenoxy) is 1. The number of hydrogen-bond acceptors (Lipinski definition) is 4. The van der Waals surface area contributed by atoms with Crippen LogP contribution in [0.5, 0.6) is 0 Å². The Balaban J connectivity index is 2.30. The number of amides is 1. The standard InChI is InChI=1S/C19H18N2O3/c1-14-5-3-6-17(13-14)21(12-4-11-20)18(22)15-7-9-16(10-8-15)19(23)24-2/h3,5-10,13H,4,12H2,1-2H3. The van der Waals surface area contributed by atoms with Gasteiger partial charge in [-0.15, -0.1) is 0 Å². The average Bonchev–Trinajstić information content (AvgIpc) is 2.61. The van der Waals surface area contributed by atoms with E-state index in [-0.39, 0.29) is 12.3 Å². The van der Waals surface area contributed by atoms with Crippen LogP contribution in [0.1, 0.15) is 32.7 Å². The number of nitriles is 1. The third-order valence-electron chi connectivity index (χ3n) is 3.56. The number of aryl methyl sites for hydroxylation is 1. The van der Waals surface area contributed by atoms with Gasteiger partial charge in [0, 0.05) is 17.8 Å². The fourth-order valence-electron chi connectivity index (χ4n) is 2.33. The lowest BCUT2D eigenvalue weighted by Gasteiger charge is -2.22. The fourth-order valence-corrected chi connectivity index (χ4v) is 2.33. The molecule has 24 heavy (non-hydrogen) atoms. The van der Waals surface area contributed by atoms with Crippen LogP contribution in [0.15, 0.2) is 48.5 Å². The first kappa shape index (κ1) is 17.2. The zero-order valence-corrected chi connectivity index (χ0v) is 13.7. The number of rotatable bonds is 5. The van der Waals surface area contributed by atoms with Crippen LogP contribution < -0.4 is 4.90 Å². The van der Waals surface area contributed by atoms with Crippen molar-refractivity contribution < 1.29 is 14.3 Å². The molecule has 2 rings (SSSR count). The number of anilines is 1. The fraction of sp³-hybridized carbons (Fsp3) is 0.211. The SMILES string of the molecule is COC(=O)c1ccc(C(=O)N(CCC#N)c2cccc(C)c2)cc1. The molecule has 1 amide bonds. The van der Waals surface area contributed by atoms with E-state index in [1.807, 2.05) is 31.2 Å².